The minimum atomic E-state index is 0.411. The van der Waals surface area contributed by atoms with Crippen LogP contribution in [-0.4, -0.2) is 21.1 Å². The van der Waals surface area contributed by atoms with Crippen LogP contribution in [0.4, 0.5) is 0 Å². The molecule has 0 saturated heterocycles. The fourth-order valence-electron chi connectivity index (χ4n) is 1.74. The van der Waals surface area contributed by atoms with Gasteiger partial charge in [-0.1, -0.05) is 0 Å². The van der Waals surface area contributed by atoms with E-state index in [-0.39, 0.29) is 0 Å². The third-order valence-electron chi connectivity index (χ3n) is 2.63. The molecule has 0 aliphatic carbocycles. The third-order valence-corrected chi connectivity index (χ3v) is 2.63. The second kappa shape index (κ2) is 4.40. The maximum atomic E-state index is 5.50. The molecule has 2 aromatic rings. The zero-order valence-corrected chi connectivity index (χ0v) is 8.93. The van der Waals surface area contributed by atoms with Crippen molar-refractivity contribution in [3.63, 3.8) is 0 Å². The van der Waals surface area contributed by atoms with Gasteiger partial charge in [-0.05, 0) is 38.4 Å². The molecule has 2 heterocycles. The van der Waals surface area contributed by atoms with Gasteiger partial charge in [-0.2, -0.15) is 0 Å². The van der Waals surface area contributed by atoms with Gasteiger partial charge < -0.3 is 10.3 Å². The van der Waals surface area contributed by atoms with Crippen LogP contribution in [-0.2, 0) is 0 Å². The highest BCUT2D eigenvalue weighted by atomic mass is 15.1. The number of rotatable bonds is 4. The highest BCUT2D eigenvalue weighted by Gasteiger charge is 2.08. The molecule has 15 heavy (non-hydrogen) atoms. The van der Waals surface area contributed by atoms with Gasteiger partial charge in [0.1, 0.15) is 5.52 Å². The second-order valence-electron chi connectivity index (χ2n) is 3.78. The smallest absolute Gasteiger partial charge is 0.160 e. The van der Waals surface area contributed by atoms with Gasteiger partial charge in [0.25, 0.3) is 0 Å². The van der Waals surface area contributed by atoms with E-state index in [4.69, 9.17) is 5.73 Å². The SMILES string of the molecule is CC(CCCN)n1cnc2cccnc21. The summed E-state index contributed by atoms with van der Waals surface area (Å²) in [6.07, 6.45) is 5.77. The number of pyridine rings is 1. The molecule has 0 spiro atoms. The van der Waals surface area contributed by atoms with Crippen LogP contribution in [0.2, 0.25) is 0 Å². The summed E-state index contributed by atoms with van der Waals surface area (Å²) < 4.78 is 2.12. The number of nitrogens with two attached hydrogens (primary N) is 1. The van der Waals surface area contributed by atoms with Gasteiger partial charge >= 0.3 is 0 Å². The van der Waals surface area contributed by atoms with Crippen molar-refractivity contribution < 1.29 is 0 Å². The summed E-state index contributed by atoms with van der Waals surface area (Å²) in [7, 11) is 0. The van der Waals surface area contributed by atoms with Crippen LogP contribution in [0.5, 0.6) is 0 Å². The van der Waals surface area contributed by atoms with E-state index in [0.29, 0.717) is 6.04 Å². The number of aromatic nitrogens is 3. The molecule has 2 N–H and O–H groups in total. The van der Waals surface area contributed by atoms with Crippen molar-refractivity contribution in [1.82, 2.24) is 14.5 Å². The fraction of sp³-hybridized carbons (Fsp3) is 0.455. The van der Waals surface area contributed by atoms with Crippen molar-refractivity contribution in [3.05, 3.63) is 24.7 Å². The van der Waals surface area contributed by atoms with Crippen molar-refractivity contribution >= 4 is 11.2 Å². The highest BCUT2D eigenvalue weighted by Crippen LogP contribution is 2.18. The molecule has 2 aromatic heterocycles. The Morgan fingerprint density at radius 3 is 3.13 bits per heavy atom. The summed E-state index contributed by atoms with van der Waals surface area (Å²) in [5.74, 6) is 0. The van der Waals surface area contributed by atoms with Crippen molar-refractivity contribution in [2.24, 2.45) is 5.73 Å². The molecule has 1 unspecified atom stereocenters. The van der Waals surface area contributed by atoms with Gasteiger partial charge in [-0.3, -0.25) is 0 Å². The standard InChI is InChI=1S/C11H16N4/c1-9(4-2-6-12)15-8-14-10-5-3-7-13-11(10)15/h3,5,7-9H,2,4,6,12H2,1H3. The van der Waals surface area contributed by atoms with Crippen molar-refractivity contribution in [3.8, 4) is 0 Å². The minimum absolute atomic E-state index is 0.411. The van der Waals surface area contributed by atoms with E-state index in [1.165, 1.54) is 0 Å². The molecule has 0 amide bonds. The molecular weight excluding hydrogens is 188 g/mol. The number of imidazole rings is 1. The largest absolute Gasteiger partial charge is 0.330 e. The van der Waals surface area contributed by atoms with Crippen LogP contribution in [0.3, 0.4) is 0 Å². The number of hydrogen-bond acceptors (Lipinski definition) is 3. The normalized spacial score (nSPS) is 13.2. The van der Waals surface area contributed by atoms with Crippen LogP contribution in [0.15, 0.2) is 24.7 Å². The minimum Gasteiger partial charge on any atom is -0.330 e. The Kier molecular flexibility index (Phi) is 2.97. The van der Waals surface area contributed by atoms with E-state index < -0.39 is 0 Å². The molecule has 0 aromatic carbocycles. The maximum absolute atomic E-state index is 5.50. The van der Waals surface area contributed by atoms with Crippen LogP contribution >= 0.6 is 0 Å². The second-order valence-corrected chi connectivity index (χ2v) is 3.78. The van der Waals surface area contributed by atoms with E-state index >= 15 is 0 Å². The third kappa shape index (κ3) is 1.99. The molecule has 0 saturated carbocycles. The lowest BCUT2D eigenvalue weighted by Gasteiger charge is -2.12. The van der Waals surface area contributed by atoms with Crippen LogP contribution in [0, 0.1) is 0 Å². The van der Waals surface area contributed by atoms with Gasteiger partial charge in [0.15, 0.2) is 5.65 Å². The lowest BCUT2D eigenvalue weighted by molar-refractivity contribution is 0.501. The van der Waals surface area contributed by atoms with Gasteiger partial charge in [0.05, 0.1) is 6.33 Å². The molecular formula is C11H16N4. The zero-order valence-electron chi connectivity index (χ0n) is 8.93. The lowest BCUT2D eigenvalue weighted by atomic mass is 10.2. The number of nitrogens with zero attached hydrogens (tertiary/aromatic N) is 3. The van der Waals surface area contributed by atoms with Gasteiger partial charge in [-0.25, -0.2) is 9.97 Å². The predicted octanol–water partition coefficient (Wildman–Crippen LogP) is 1.73. The quantitative estimate of drug-likeness (QED) is 0.825. The summed E-state index contributed by atoms with van der Waals surface area (Å²) in [5.41, 5.74) is 7.42. The molecule has 0 fully saturated rings. The Bertz CT molecular complexity index is 435. The molecule has 4 nitrogen and oxygen atoms in total. The molecule has 0 aliphatic heterocycles. The van der Waals surface area contributed by atoms with Gasteiger partial charge in [0, 0.05) is 12.2 Å². The maximum Gasteiger partial charge on any atom is 0.160 e. The molecule has 0 bridgehead atoms. The Labute approximate surface area is 89.1 Å². The van der Waals surface area contributed by atoms with Gasteiger partial charge in [-0.15, -0.1) is 0 Å². The van der Waals surface area contributed by atoms with E-state index in [1.807, 2.05) is 18.5 Å². The first-order chi connectivity index (χ1) is 7.33. The van der Waals surface area contributed by atoms with Crippen molar-refractivity contribution in [1.29, 1.82) is 0 Å². The predicted molar refractivity (Wildman–Crippen MR) is 60.5 cm³/mol. The van der Waals surface area contributed by atoms with E-state index in [2.05, 4.69) is 21.5 Å². The highest BCUT2D eigenvalue weighted by molar-refractivity contribution is 5.70. The molecule has 2 rings (SSSR count). The number of hydrogen-bond donors (Lipinski definition) is 1. The Morgan fingerprint density at radius 2 is 2.33 bits per heavy atom. The lowest BCUT2D eigenvalue weighted by Crippen LogP contribution is -2.07. The first-order valence-corrected chi connectivity index (χ1v) is 5.30. The first kappa shape index (κ1) is 10.1. The van der Waals surface area contributed by atoms with E-state index in [0.717, 1.165) is 30.6 Å². The topological polar surface area (TPSA) is 56.7 Å². The van der Waals surface area contributed by atoms with Crippen molar-refractivity contribution in [2.45, 2.75) is 25.8 Å². The van der Waals surface area contributed by atoms with E-state index in [9.17, 15) is 0 Å². The summed E-state index contributed by atoms with van der Waals surface area (Å²) in [6, 6.07) is 4.30. The Hall–Kier alpha value is -1.42. The first-order valence-electron chi connectivity index (χ1n) is 5.30. The zero-order chi connectivity index (χ0) is 10.7. The number of fused-ring (bicyclic) bond motifs is 1. The molecule has 0 aliphatic rings. The molecule has 0 radical (unpaired) electrons. The molecule has 4 heteroatoms. The van der Waals surface area contributed by atoms with E-state index in [1.54, 1.807) is 6.20 Å². The summed E-state index contributed by atoms with van der Waals surface area (Å²) >= 11 is 0. The van der Waals surface area contributed by atoms with Gasteiger partial charge in [0.2, 0.25) is 0 Å². The Morgan fingerprint density at radius 1 is 1.47 bits per heavy atom. The fourth-order valence-corrected chi connectivity index (χ4v) is 1.74. The van der Waals surface area contributed by atoms with Crippen LogP contribution < -0.4 is 5.73 Å². The molecule has 80 valence electrons. The Balaban J connectivity index is 2.27. The van der Waals surface area contributed by atoms with Crippen molar-refractivity contribution in [2.75, 3.05) is 6.54 Å². The summed E-state index contributed by atoms with van der Waals surface area (Å²) in [6.45, 7) is 2.91. The summed E-state index contributed by atoms with van der Waals surface area (Å²) in [4.78, 5) is 8.66. The molecule has 1 atom stereocenters. The average Bonchev–Trinajstić information content (AvgIpc) is 2.69. The summed E-state index contributed by atoms with van der Waals surface area (Å²) in [5, 5.41) is 0. The average molecular weight is 204 g/mol. The van der Waals surface area contributed by atoms with Crippen LogP contribution in [0.25, 0.3) is 11.2 Å². The monoisotopic (exact) mass is 204 g/mol. The van der Waals surface area contributed by atoms with Crippen LogP contribution in [0.1, 0.15) is 25.8 Å².